The smallest absolute Gasteiger partial charge is 0.0544 e. The fraction of sp³-hybridized carbons (Fsp3) is 0.889. The summed E-state index contributed by atoms with van der Waals surface area (Å²) in [4.78, 5) is 11.8. The minimum Gasteiger partial charge on any atom is -0.656 e. The van der Waals surface area contributed by atoms with Crippen molar-refractivity contribution in [2.24, 2.45) is 29.6 Å². The van der Waals surface area contributed by atoms with Gasteiger partial charge in [0.25, 0.3) is 0 Å². The molecule has 0 heterocycles. The molecule has 2 fully saturated rings. The van der Waals surface area contributed by atoms with Crippen LogP contribution in [0.3, 0.4) is 0 Å². The van der Waals surface area contributed by atoms with E-state index in [1.165, 1.54) is 25.7 Å². The van der Waals surface area contributed by atoms with E-state index in [1.807, 2.05) is 13.8 Å². The predicted molar refractivity (Wildman–Crippen MR) is 88.6 cm³/mol. The van der Waals surface area contributed by atoms with E-state index in [9.17, 15) is 4.79 Å². The Bertz CT molecular complexity index is 270. The summed E-state index contributed by atoms with van der Waals surface area (Å²) < 4.78 is 0. The Balaban J connectivity index is 0. The van der Waals surface area contributed by atoms with Crippen LogP contribution >= 0.6 is 0 Å². The first-order valence-electron chi connectivity index (χ1n) is 8.49. The second kappa shape index (κ2) is 13.1. The maximum atomic E-state index is 11.8. The number of nitrogens with zero attached hydrogens (tertiary/aromatic N) is 1. The molecule has 5 atom stereocenters. The zero-order chi connectivity index (χ0) is 15.7. The average Bonchev–Trinajstić information content (AvgIpc) is 3.10. The molecule has 0 saturated heterocycles. The van der Waals surface area contributed by atoms with Crippen LogP contribution in [-0.2, 0) is 37.5 Å². The normalized spacial score (nSPS) is 33.8. The first-order chi connectivity index (χ1) is 9.65. The Morgan fingerprint density at radius 2 is 1.57 bits per heavy atom. The van der Waals surface area contributed by atoms with E-state index in [0.717, 1.165) is 24.2 Å². The average molecular weight is 370 g/mol. The van der Waals surface area contributed by atoms with Gasteiger partial charge in [0, 0.05) is 38.6 Å². The molecule has 3 heteroatoms. The van der Waals surface area contributed by atoms with Gasteiger partial charge in [0.15, 0.2) is 0 Å². The first kappa shape index (κ1) is 23.8. The summed E-state index contributed by atoms with van der Waals surface area (Å²) in [7, 11) is 1.65. The summed E-state index contributed by atoms with van der Waals surface area (Å²) in [5, 5.41) is 3.90. The van der Waals surface area contributed by atoms with Crippen LogP contribution < -0.4 is 0 Å². The summed E-state index contributed by atoms with van der Waals surface area (Å²) in [6, 6.07) is 0. The van der Waals surface area contributed by atoms with Crippen molar-refractivity contribution >= 4 is 5.91 Å². The molecule has 2 rings (SSSR count). The molecule has 0 aromatic rings. The topological polar surface area (TPSA) is 31.2 Å². The Labute approximate surface area is 158 Å². The number of rotatable bonds is 2. The molecule has 1 radical (unpaired) electrons. The van der Waals surface area contributed by atoms with Crippen molar-refractivity contribution in [2.75, 3.05) is 7.05 Å². The monoisotopic (exact) mass is 370 g/mol. The molecule has 123 valence electrons. The van der Waals surface area contributed by atoms with E-state index in [4.69, 9.17) is 0 Å². The van der Waals surface area contributed by atoms with Crippen LogP contribution in [0.1, 0.15) is 66.7 Å². The van der Waals surface area contributed by atoms with Crippen LogP contribution in [0, 0.1) is 36.5 Å². The van der Waals surface area contributed by atoms with Crippen molar-refractivity contribution in [3.05, 3.63) is 12.2 Å². The molecule has 2 unspecified atom stereocenters. The maximum absolute atomic E-state index is 11.8. The van der Waals surface area contributed by atoms with Crippen LogP contribution in [0.25, 0.3) is 5.32 Å². The van der Waals surface area contributed by atoms with Crippen LogP contribution in [0.4, 0.5) is 0 Å². The van der Waals surface area contributed by atoms with Gasteiger partial charge in [0.1, 0.15) is 0 Å². The Morgan fingerprint density at radius 1 is 1.00 bits per heavy atom. The molecule has 2 nitrogen and oxygen atoms in total. The summed E-state index contributed by atoms with van der Waals surface area (Å²) in [6.07, 6.45) is 6.26. The van der Waals surface area contributed by atoms with Gasteiger partial charge in [0.2, 0.25) is 0 Å². The van der Waals surface area contributed by atoms with Crippen molar-refractivity contribution in [1.82, 2.24) is 0 Å². The van der Waals surface area contributed by atoms with Crippen molar-refractivity contribution in [3.8, 4) is 0 Å². The van der Waals surface area contributed by atoms with Gasteiger partial charge in [-0.1, -0.05) is 40.5 Å². The third kappa shape index (κ3) is 6.30. The largest absolute Gasteiger partial charge is 0.656 e. The van der Waals surface area contributed by atoms with Gasteiger partial charge in [0.05, 0.1) is 5.91 Å². The van der Waals surface area contributed by atoms with Crippen LogP contribution in [0.15, 0.2) is 0 Å². The molecule has 1 amide bonds. The van der Waals surface area contributed by atoms with Gasteiger partial charge in [-0.15, -0.1) is 7.05 Å². The standard InChI is InChI=1S/C14H25NO.C2H6.C2H5.Y/c1-9-7-8-11(10(9)2)12-5-4-6-13(12)14(16)15-3;2*1-2;/h9-13H,4-8H2,1-3H3,(H,15,16);1-2H3;1H2,2H3;/q;;-1;/p-1/t9-,10-,11+,12?,13?;;;/m1.../s1. The van der Waals surface area contributed by atoms with E-state index >= 15 is 0 Å². The zero-order valence-corrected chi connectivity index (χ0v) is 17.9. The second-order valence-electron chi connectivity index (χ2n) is 5.84. The quantitative estimate of drug-likeness (QED) is 0.592. The van der Waals surface area contributed by atoms with Gasteiger partial charge in [-0.05, 0) is 42.9 Å². The molecule has 21 heavy (non-hydrogen) atoms. The number of hydrogen-bond donors (Lipinski definition) is 0. The summed E-state index contributed by atoms with van der Waals surface area (Å²) in [5.74, 6) is 3.48. The van der Waals surface area contributed by atoms with Crippen molar-refractivity contribution in [1.29, 1.82) is 0 Å². The van der Waals surface area contributed by atoms with Gasteiger partial charge in [-0.2, -0.15) is 6.92 Å². The molecule has 0 spiro atoms. The molecule has 0 aliphatic heterocycles. The van der Waals surface area contributed by atoms with Crippen molar-refractivity contribution in [3.63, 3.8) is 0 Å². The van der Waals surface area contributed by atoms with Gasteiger partial charge in [-0.25, -0.2) is 0 Å². The van der Waals surface area contributed by atoms with Crippen LogP contribution in [0.5, 0.6) is 0 Å². The molecule has 2 aliphatic rings. The summed E-state index contributed by atoms with van der Waals surface area (Å²) in [5.41, 5.74) is 0. The fourth-order valence-electron chi connectivity index (χ4n) is 3.98. The van der Waals surface area contributed by atoms with Crippen LogP contribution in [0.2, 0.25) is 0 Å². The molecule has 2 aliphatic carbocycles. The van der Waals surface area contributed by atoms with Crippen molar-refractivity contribution < 1.29 is 37.5 Å². The molecular formula is C18H35NOY-2. The minimum atomic E-state index is 0. The molecule has 0 bridgehead atoms. The van der Waals surface area contributed by atoms with Gasteiger partial charge >= 0.3 is 0 Å². The zero-order valence-electron chi connectivity index (χ0n) is 15.1. The third-order valence-corrected chi connectivity index (χ3v) is 5.19. The summed E-state index contributed by atoms with van der Waals surface area (Å²) >= 11 is 0. The Morgan fingerprint density at radius 3 is 2.00 bits per heavy atom. The SMILES string of the molecule is CC.C[N-]C(=O)C1CCCC1[C@H]1CC[C@@H](C)[C@H]1C.[CH2-]C.[Y]. The number of carbonyl (C=O) groups excluding carboxylic acids is 1. The van der Waals surface area contributed by atoms with E-state index in [-0.39, 0.29) is 44.5 Å². The molecule has 0 N–H and O–H groups in total. The second-order valence-corrected chi connectivity index (χ2v) is 5.84. The first-order valence-corrected chi connectivity index (χ1v) is 8.49. The minimum absolute atomic E-state index is 0. The number of carbonyl (C=O) groups is 1. The molecule has 0 aromatic carbocycles. The van der Waals surface area contributed by atoms with E-state index in [1.54, 1.807) is 14.0 Å². The Hall–Kier alpha value is 0.574. The summed E-state index contributed by atoms with van der Waals surface area (Å²) in [6.45, 7) is 13.7. The fourth-order valence-corrected chi connectivity index (χ4v) is 3.98. The predicted octanol–water partition coefficient (Wildman–Crippen LogP) is 5.48. The van der Waals surface area contributed by atoms with Gasteiger partial charge < -0.3 is 17.0 Å². The Kier molecular flexibility index (Phi) is 14.8. The van der Waals surface area contributed by atoms with E-state index < -0.39 is 0 Å². The van der Waals surface area contributed by atoms with Gasteiger partial charge in [-0.3, -0.25) is 0 Å². The number of hydrogen-bond acceptors (Lipinski definition) is 1. The van der Waals surface area contributed by atoms with Crippen LogP contribution in [-0.4, -0.2) is 13.0 Å². The third-order valence-electron chi connectivity index (χ3n) is 5.19. The number of amides is 1. The van der Waals surface area contributed by atoms with Crippen molar-refractivity contribution in [2.45, 2.75) is 66.7 Å². The molecular weight excluding hydrogens is 335 g/mol. The maximum Gasteiger partial charge on any atom is 0.0544 e. The molecule has 2 saturated carbocycles. The molecule has 0 aromatic heterocycles. The van der Waals surface area contributed by atoms with E-state index in [0.29, 0.717) is 5.92 Å². The van der Waals surface area contributed by atoms with E-state index in [2.05, 4.69) is 26.1 Å².